The van der Waals surface area contributed by atoms with Gasteiger partial charge in [0.25, 0.3) is 5.91 Å². The van der Waals surface area contributed by atoms with E-state index in [1.54, 1.807) is 6.20 Å². The second kappa shape index (κ2) is 6.27. The van der Waals surface area contributed by atoms with Gasteiger partial charge < -0.3 is 10.1 Å². The molecule has 0 unspecified atom stereocenters. The molecule has 1 saturated heterocycles. The van der Waals surface area contributed by atoms with Crippen LogP contribution in [-0.4, -0.2) is 44.5 Å². The second-order valence-corrected chi connectivity index (χ2v) is 5.45. The summed E-state index contributed by atoms with van der Waals surface area (Å²) in [4.78, 5) is 16.8. The van der Waals surface area contributed by atoms with Gasteiger partial charge in [0.1, 0.15) is 5.82 Å². The number of ether oxygens (including phenoxy) is 1. The Labute approximate surface area is 128 Å². The fourth-order valence-electron chi connectivity index (χ4n) is 2.55. The number of H-pyrrole nitrogens is 2. The zero-order chi connectivity index (χ0) is 15.5. The molecule has 2 aromatic rings. The normalized spacial score (nSPS) is 19.3. The average Bonchev–Trinajstić information content (AvgIpc) is 3.25. The van der Waals surface area contributed by atoms with Crippen LogP contribution in [0.5, 0.6) is 0 Å². The molecular weight excluding hydrogens is 284 g/mol. The second-order valence-electron chi connectivity index (χ2n) is 5.45. The van der Waals surface area contributed by atoms with Crippen LogP contribution in [0.4, 0.5) is 0 Å². The molecule has 8 nitrogen and oxygen atoms in total. The molecule has 3 N–H and O–H groups in total. The maximum absolute atomic E-state index is 12.5. The van der Waals surface area contributed by atoms with E-state index < -0.39 is 0 Å². The van der Waals surface area contributed by atoms with Crippen LogP contribution in [-0.2, 0) is 11.2 Å². The van der Waals surface area contributed by atoms with E-state index >= 15 is 0 Å². The summed E-state index contributed by atoms with van der Waals surface area (Å²) in [5.41, 5.74) is 1.40. The van der Waals surface area contributed by atoms with Crippen molar-refractivity contribution in [3.8, 4) is 0 Å². The van der Waals surface area contributed by atoms with E-state index in [2.05, 4.69) is 30.7 Å². The summed E-state index contributed by atoms with van der Waals surface area (Å²) in [6, 6.07) is -0.272. The molecule has 1 aliphatic rings. The lowest BCUT2D eigenvalue weighted by Crippen LogP contribution is -2.28. The summed E-state index contributed by atoms with van der Waals surface area (Å²) in [5, 5.41) is 16.8. The van der Waals surface area contributed by atoms with Crippen LogP contribution >= 0.6 is 0 Å². The molecule has 0 radical (unpaired) electrons. The van der Waals surface area contributed by atoms with Crippen molar-refractivity contribution in [3.05, 3.63) is 29.1 Å². The maximum Gasteiger partial charge on any atom is 0.255 e. The van der Waals surface area contributed by atoms with Crippen molar-refractivity contribution in [2.45, 2.75) is 38.6 Å². The maximum atomic E-state index is 12.5. The number of hydrogen-bond acceptors (Lipinski definition) is 5. The van der Waals surface area contributed by atoms with Crippen LogP contribution in [0.3, 0.4) is 0 Å². The Balaban J connectivity index is 1.70. The van der Waals surface area contributed by atoms with Crippen LogP contribution in [0.2, 0.25) is 0 Å². The molecule has 0 aliphatic carbocycles. The third-order valence-corrected chi connectivity index (χ3v) is 3.87. The highest BCUT2D eigenvalue weighted by Crippen LogP contribution is 2.26. The highest BCUT2D eigenvalue weighted by Gasteiger charge is 2.26. The fraction of sp³-hybridized carbons (Fsp3) is 0.571. The van der Waals surface area contributed by atoms with Gasteiger partial charge in [0.15, 0.2) is 5.82 Å². The topological polar surface area (TPSA) is 109 Å². The number of aromatic nitrogens is 5. The first kappa shape index (κ1) is 14.7. The van der Waals surface area contributed by atoms with Crippen molar-refractivity contribution < 1.29 is 9.53 Å². The summed E-state index contributed by atoms with van der Waals surface area (Å²) in [5.74, 6) is 1.42. The molecule has 8 heteroatoms. The van der Waals surface area contributed by atoms with Crippen molar-refractivity contribution in [3.63, 3.8) is 0 Å². The fourth-order valence-corrected chi connectivity index (χ4v) is 2.55. The number of rotatable bonds is 5. The summed E-state index contributed by atoms with van der Waals surface area (Å²) in [7, 11) is 0. The highest BCUT2D eigenvalue weighted by atomic mass is 16.5. The monoisotopic (exact) mass is 304 g/mol. The molecular formula is C14H20N6O2. The highest BCUT2D eigenvalue weighted by molar-refractivity contribution is 5.95. The average molecular weight is 304 g/mol. The van der Waals surface area contributed by atoms with Gasteiger partial charge in [0, 0.05) is 18.9 Å². The zero-order valence-electron chi connectivity index (χ0n) is 12.7. The van der Waals surface area contributed by atoms with E-state index in [-0.39, 0.29) is 17.9 Å². The van der Waals surface area contributed by atoms with Gasteiger partial charge in [-0.1, -0.05) is 6.92 Å². The zero-order valence-corrected chi connectivity index (χ0v) is 12.7. The molecule has 0 saturated carbocycles. The molecule has 118 valence electrons. The molecule has 2 aromatic heterocycles. The minimum absolute atomic E-state index is 0.175. The van der Waals surface area contributed by atoms with Gasteiger partial charge in [-0.25, -0.2) is 4.98 Å². The minimum Gasteiger partial charge on any atom is -0.381 e. The van der Waals surface area contributed by atoms with Gasteiger partial charge in [0.05, 0.1) is 30.1 Å². The van der Waals surface area contributed by atoms with Gasteiger partial charge in [0.2, 0.25) is 0 Å². The summed E-state index contributed by atoms with van der Waals surface area (Å²) in [6.45, 7) is 5.20. The lowest BCUT2D eigenvalue weighted by Gasteiger charge is -2.12. The number of aromatic amines is 2. The quantitative estimate of drug-likeness (QED) is 0.766. The smallest absolute Gasteiger partial charge is 0.255 e. The third-order valence-electron chi connectivity index (χ3n) is 3.87. The number of carbonyl (C=O) groups is 1. The van der Waals surface area contributed by atoms with Crippen molar-refractivity contribution in [2.75, 3.05) is 13.2 Å². The standard InChI is InChI=1S/C14H20N6O2/c1-3-11-17-13(20-18-11)8(2)16-14(21)10-6-15-19-12(10)9-4-5-22-7-9/h6,8-9H,3-5,7H2,1-2H3,(H,15,19)(H,16,21)(H,17,18,20)/t8-,9+/m0/s1. The number of amides is 1. The van der Waals surface area contributed by atoms with E-state index in [4.69, 9.17) is 4.74 Å². The first-order chi connectivity index (χ1) is 10.7. The molecule has 1 amide bonds. The van der Waals surface area contributed by atoms with Crippen molar-refractivity contribution in [2.24, 2.45) is 0 Å². The van der Waals surface area contributed by atoms with Crippen molar-refractivity contribution >= 4 is 5.91 Å². The van der Waals surface area contributed by atoms with E-state index in [0.29, 0.717) is 18.0 Å². The van der Waals surface area contributed by atoms with Gasteiger partial charge in [-0.15, -0.1) is 0 Å². The van der Waals surface area contributed by atoms with E-state index in [9.17, 15) is 4.79 Å². The van der Waals surface area contributed by atoms with Gasteiger partial charge in [-0.2, -0.15) is 10.2 Å². The Morgan fingerprint density at radius 3 is 3.09 bits per heavy atom. The van der Waals surface area contributed by atoms with Crippen LogP contribution in [0.1, 0.15) is 59.9 Å². The van der Waals surface area contributed by atoms with E-state index in [1.807, 2.05) is 13.8 Å². The Morgan fingerprint density at radius 2 is 2.41 bits per heavy atom. The number of carbonyl (C=O) groups excluding carboxylic acids is 1. The Bertz CT molecular complexity index is 643. The molecule has 1 aliphatic heterocycles. The largest absolute Gasteiger partial charge is 0.381 e. The SMILES string of the molecule is CCc1nc([C@H](C)NC(=O)c2cn[nH]c2[C@@H]2CCOC2)n[nH]1. The number of aryl methyl sites for hydroxylation is 1. The Morgan fingerprint density at radius 1 is 1.55 bits per heavy atom. The molecule has 3 rings (SSSR count). The number of nitrogens with zero attached hydrogens (tertiary/aromatic N) is 3. The predicted molar refractivity (Wildman–Crippen MR) is 78.4 cm³/mol. The Hall–Kier alpha value is -2.22. The summed E-state index contributed by atoms with van der Waals surface area (Å²) < 4.78 is 5.38. The van der Waals surface area contributed by atoms with Crippen LogP contribution in [0.25, 0.3) is 0 Å². The predicted octanol–water partition coefficient (Wildman–Crippen LogP) is 1.09. The van der Waals surface area contributed by atoms with Crippen LogP contribution in [0.15, 0.2) is 6.20 Å². The van der Waals surface area contributed by atoms with Crippen LogP contribution < -0.4 is 5.32 Å². The van der Waals surface area contributed by atoms with E-state index in [1.165, 1.54) is 0 Å². The van der Waals surface area contributed by atoms with Gasteiger partial charge >= 0.3 is 0 Å². The first-order valence-corrected chi connectivity index (χ1v) is 7.52. The summed E-state index contributed by atoms with van der Waals surface area (Å²) >= 11 is 0. The third kappa shape index (κ3) is 2.87. The molecule has 22 heavy (non-hydrogen) atoms. The van der Waals surface area contributed by atoms with Crippen molar-refractivity contribution in [1.82, 2.24) is 30.7 Å². The minimum atomic E-state index is -0.272. The molecule has 0 aromatic carbocycles. The molecule has 0 spiro atoms. The molecule has 1 fully saturated rings. The molecule has 3 heterocycles. The van der Waals surface area contributed by atoms with Crippen LogP contribution in [0, 0.1) is 0 Å². The van der Waals surface area contributed by atoms with E-state index in [0.717, 1.165) is 31.0 Å². The first-order valence-electron chi connectivity index (χ1n) is 7.52. The summed E-state index contributed by atoms with van der Waals surface area (Å²) in [6.07, 6.45) is 3.24. The Kier molecular flexibility index (Phi) is 4.19. The number of nitrogens with one attached hydrogen (secondary N) is 3. The lowest BCUT2D eigenvalue weighted by atomic mass is 10.0. The number of hydrogen-bond donors (Lipinski definition) is 3. The van der Waals surface area contributed by atoms with Gasteiger partial charge in [-0.3, -0.25) is 15.0 Å². The lowest BCUT2D eigenvalue weighted by molar-refractivity contribution is 0.0937. The molecule has 2 atom stereocenters. The molecule has 0 bridgehead atoms. The van der Waals surface area contributed by atoms with Gasteiger partial charge in [-0.05, 0) is 13.3 Å². The van der Waals surface area contributed by atoms with Crippen molar-refractivity contribution in [1.29, 1.82) is 0 Å².